The van der Waals surface area contributed by atoms with E-state index in [9.17, 15) is 4.79 Å². The SMILES string of the molecule is Cn1ccnc1C1CCN(C(=O)NCCc2cnn(-c3ccccc3)c2)C1. The smallest absolute Gasteiger partial charge is 0.317 e. The summed E-state index contributed by atoms with van der Waals surface area (Å²) in [6, 6.07) is 10.0. The summed E-state index contributed by atoms with van der Waals surface area (Å²) in [5.74, 6) is 1.37. The molecule has 3 aromatic rings. The number of likely N-dealkylation sites (tertiary alicyclic amines) is 1. The van der Waals surface area contributed by atoms with E-state index in [1.165, 1.54) is 0 Å². The van der Waals surface area contributed by atoms with Crippen molar-refractivity contribution in [2.75, 3.05) is 19.6 Å². The van der Waals surface area contributed by atoms with Crippen molar-refractivity contribution >= 4 is 6.03 Å². The van der Waals surface area contributed by atoms with Crippen LogP contribution in [0.2, 0.25) is 0 Å². The Morgan fingerprint density at radius 1 is 1.30 bits per heavy atom. The Labute approximate surface area is 158 Å². The zero-order valence-corrected chi connectivity index (χ0v) is 15.5. The van der Waals surface area contributed by atoms with Crippen molar-refractivity contribution < 1.29 is 4.79 Å². The number of amides is 2. The second-order valence-corrected chi connectivity index (χ2v) is 6.94. The number of nitrogens with one attached hydrogen (secondary N) is 1. The Morgan fingerprint density at radius 3 is 2.93 bits per heavy atom. The lowest BCUT2D eigenvalue weighted by Gasteiger charge is -2.17. The van der Waals surface area contributed by atoms with E-state index in [0.717, 1.165) is 43.0 Å². The van der Waals surface area contributed by atoms with E-state index in [4.69, 9.17) is 0 Å². The van der Waals surface area contributed by atoms with Gasteiger partial charge in [-0.25, -0.2) is 14.5 Å². The molecule has 2 aromatic heterocycles. The molecule has 4 rings (SSSR count). The average molecular weight is 364 g/mol. The Morgan fingerprint density at radius 2 is 2.15 bits per heavy atom. The summed E-state index contributed by atoms with van der Waals surface area (Å²) < 4.78 is 3.89. The Hall–Kier alpha value is -3.09. The van der Waals surface area contributed by atoms with Gasteiger partial charge in [-0.3, -0.25) is 0 Å². The van der Waals surface area contributed by atoms with E-state index in [1.54, 1.807) is 0 Å². The second kappa shape index (κ2) is 7.65. The van der Waals surface area contributed by atoms with Crippen molar-refractivity contribution in [2.24, 2.45) is 7.05 Å². The number of hydrogen-bond donors (Lipinski definition) is 1. The number of para-hydroxylation sites is 1. The molecule has 2 amide bonds. The summed E-state index contributed by atoms with van der Waals surface area (Å²) in [7, 11) is 2.00. The number of benzene rings is 1. The van der Waals surface area contributed by atoms with Crippen LogP contribution in [-0.2, 0) is 13.5 Å². The first kappa shape index (κ1) is 17.3. The number of nitrogens with zero attached hydrogens (tertiary/aromatic N) is 5. The number of carbonyl (C=O) groups excluding carboxylic acids is 1. The van der Waals surface area contributed by atoms with Crippen LogP contribution in [0.3, 0.4) is 0 Å². The molecule has 140 valence electrons. The molecule has 1 fully saturated rings. The molecule has 1 aromatic carbocycles. The molecule has 1 aliphatic rings. The molecule has 1 atom stereocenters. The van der Waals surface area contributed by atoms with Gasteiger partial charge in [-0.05, 0) is 30.5 Å². The lowest BCUT2D eigenvalue weighted by Crippen LogP contribution is -2.39. The quantitative estimate of drug-likeness (QED) is 0.756. The molecule has 1 aliphatic heterocycles. The first-order valence-corrected chi connectivity index (χ1v) is 9.29. The Kier molecular flexibility index (Phi) is 4.91. The third-order valence-electron chi connectivity index (χ3n) is 5.05. The van der Waals surface area contributed by atoms with Gasteiger partial charge >= 0.3 is 6.03 Å². The summed E-state index contributed by atoms with van der Waals surface area (Å²) in [6.45, 7) is 2.10. The van der Waals surface area contributed by atoms with Crippen molar-refractivity contribution in [3.05, 3.63) is 66.5 Å². The van der Waals surface area contributed by atoms with Crippen molar-refractivity contribution in [3.8, 4) is 5.69 Å². The van der Waals surface area contributed by atoms with Crippen molar-refractivity contribution in [2.45, 2.75) is 18.8 Å². The third-order valence-corrected chi connectivity index (χ3v) is 5.05. The molecule has 7 heteroatoms. The highest BCUT2D eigenvalue weighted by Crippen LogP contribution is 2.25. The number of aryl methyl sites for hydroxylation is 1. The molecule has 3 heterocycles. The summed E-state index contributed by atoms with van der Waals surface area (Å²) in [4.78, 5) is 18.7. The number of rotatable bonds is 5. The van der Waals surface area contributed by atoms with Crippen LogP contribution in [-0.4, -0.2) is 49.9 Å². The van der Waals surface area contributed by atoms with Gasteiger partial charge in [0.1, 0.15) is 5.82 Å². The van der Waals surface area contributed by atoms with Gasteiger partial charge in [0.2, 0.25) is 0 Å². The van der Waals surface area contributed by atoms with Gasteiger partial charge in [-0.2, -0.15) is 5.10 Å². The van der Waals surface area contributed by atoms with E-state index < -0.39 is 0 Å². The van der Waals surface area contributed by atoms with Gasteiger partial charge in [-0.1, -0.05) is 18.2 Å². The van der Waals surface area contributed by atoms with E-state index in [2.05, 4.69) is 15.4 Å². The molecule has 1 saturated heterocycles. The minimum Gasteiger partial charge on any atom is -0.338 e. The molecule has 0 aliphatic carbocycles. The number of carbonyl (C=O) groups is 1. The lowest BCUT2D eigenvalue weighted by molar-refractivity contribution is 0.208. The number of hydrogen-bond acceptors (Lipinski definition) is 3. The van der Waals surface area contributed by atoms with Crippen LogP contribution in [0.4, 0.5) is 4.79 Å². The number of urea groups is 1. The first-order valence-electron chi connectivity index (χ1n) is 9.29. The molecule has 27 heavy (non-hydrogen) atoms. The third kappa shape index (κ3) is 3.86. The molecule has 7 nitrogen and oxygen atoms in total. The van der Waals surface area contributed by atoms with Gasteiger partial charge < -0.3 is 14.8 Å². The summed E-state index contributed by atoms with van der Waals surface area (Å²) in [5, 5.41) is 7.42. The lowest BCUT2D eigenvalue weighted by atomic mass is 10.1. The fourth-order valence-corrected chi connectivity index (χ4v) is 3.56. The van der Waals surface area contributed by atoms with Crippen molar-refractivity contribution in [1.29, 1.82) is 0 Å². The maximum Gasteiger partial charge on any atom is 0.317 e. The van der Waals surface area contributed by atoms with Crippen LogP contribution in [0, 0.1) is 0 Å². The predicted octanol–water partition coefficient (Wildman–Crippen LogP) is 2.35. The van der Waals surface area contributed by atoms with Crippen molar-refractivity contribution in [3.63, 3.8) is 0 Å². The van der Waals surface area contributed by atoms with E-state index in [0.29, 0.717) is 12.5 Å². The van der Waals surface area contributed by atoms with Gasteiger partial charge in [0.25, 0.3) is 0 Å². The Bertz CT molecular complexity index is 900. The van der Waals surface area contributed by atoms with Crippen LogP contribution < -0.4 is 5.32 Å². The van der Waals surface area contributed by atoms with Gasteiger partial charge in [0, 0.05) is 51.2 Å². The minimum atomic E-state index is 0.00200. The van der Waals surface area contributed by atoms with E-state index in [-0.39, 0.29) is 6.03 Å². The average Bonchev–Trinajstić information content (AvgIpc) is 3.42. The molecule has 0 radical (unpaired) electrons. The van der Waals surface area contributed by atoms with Crippen LogP contribution in [0.1, 0.15) is 23.7 Å². The maximum absolute atomic E-state index is 12.4. The molecular formula is C20H24N6O. The molecule has 0 spiro atoms. The molecule has 1 unspecified atom stereocenters. The fraction of sp³-hybridized carbons (Fsp3) is 0.350. The maximum atomic E-state index is 12.4. The highest BCUT2D eigenvalue weighted by atomic mass is 16.2. The van der Waals surface area contributed by atoms with E-state index >= 15 is 0 Å². The monoisotopic (exact) mass is 364 g/mol. The molecule has 0 bridgehead atoms. The largest absolute Gasteiger partial charge is 0.338 e. The highest BCUT2D eigenvalue weighted by molar-refractivity contribution is 5.74. The Balaban J connectivity index is 1.26. The molecule has 0 saturated carbocycles. The normalized spacial score (nSPS) is 16.6. The van der Waals surface area contributed by atoms with Gasteiger partial charge in [-0.15, -0.1) is 0 Å². The van der Waals surface area contributed by atoms with Crippen LogP contribution in [0.15, 0.2) is 55.1 Å². The zero-order valence-electron chi connectivity index (χ0n) is 15.5. The second-order valence-electron chi connectivity index (χ2n) is 6.94. The number of aromatic nitrogens is 4. The minimum absolute atomic E-state index is 0.00200. The highest BCUT2D eigenvalue weighted by Gasteiger charge is 2.29. The van der Waals surface area contributed by atoms with Gasteiger partial charge in [0.05, 0.1) is 11.9 Å². The molecule has 1 N–H and O–H groups in total. The summed E-state index contributed by atoms with van der Waals surface area (Å²) in [6.07, 6.45) is 9.35. The van der Waals surface area contributed by atoms with Crippen molar-refractivity contribution in [1.82, 2.24) is 29.5 Å². The predicted molar refractivity (Wildman–Crippen MR) is 103 cm³/mol. The van der Waals surface area contributed by atoms with E-state index in [1.807, 2.05) is 76.3 Å². The first-order chi connectivity index (χ1) is 13.2. The van der Waals surface area contributed by atoms with Crippen LogP contribution in [0.5, 0.6) is 0 Å². The topological polar surface area (TPSA) is 68.0 Å². The van der Waals surface area contributed by atoms with Crippen LogP contribution >= 0.6 is 0 Å². The molecular weight excluding hydrogens is 340 g/mol. The van der Waals surface area contributed by atoms with Gasteiger partial charge in [0.15, 0.2) is 0 Å². The standard InChI is InChI=1S/C20H24N6O/c1-24-12-10-21-19(24)17-8-11-25(15-17)20(27)22-9-7-16-13-23-26(14-16)18-5-3-2-4-6-18/h2-6,10,12-14,17H,7-9,11,15H2,1H3,(H,22,27). The summed E-state index contributed by atoms with van der Waals surface area (Å²) in [5.41, 5.74) is 2.14. The summed E-state index contributed by atoms with van der Waals surface area (Å²) >= 11 is 0. The van der Waals surface area contributed by atoms with Crippen LogP contribution in [0.25, 0.3) is 5.69 Å². The zero-order chi connectivity index (χ0) is 18.6. The number of imidazole rings is 1. The fourth-order valence-electron chi connectivity index (χ4n) is 3.56.